The lowest BCUT2D eigenvalue weighted by Gasteiger charge is -2.07. The van der Waals surface area contributed by atoms with Gasteiger partial charge in [0, 0.05) is 24.2 Å². The molecule has 6 heteroatoms. The van der Waals surface area contributed by atoms with Crippen molar-refractivity contribution in [3.8, 4) is 0 Å². The van der Waals surface area contributed by atoms with Gasteiger partial charge < -0.3 is 16.4 Å². The quantitative estimate of drug-likeness (QED) is 0.610. The average molecular weight is 328 g/mol. The van der Waals surface area contributed by atoms with Crippen LogP contribution < -0.4 is 16.4 Å². The van der Waals surface area contributed by atoms with E-state index in [9.17, 15) is 9.59 Å². The first-order chi connectivity index (χ1) is 10.2. The number of rotatable bonds is 9. The van der Waals surface area contributed by atoms with E-state index in [2.05, 4.69) is 10.6 Å². The lowest BCUT2D eigenvalue weighted by Crippen LogP contribution is -2.22. The molecule has 0 spiro atoms. The van der Waals surface area contributed by atoms with Gasteiger partial charge in [-0.15, -0.1) is 12.4 Å². The number of carbonyl (C=O) groups is 2. The molecule has 0 aliphatic carbocycles. The van der Waals surface area contributed by atoms with Crippen LogP contribution in [0.2, 0.25) is 0 Å². The van der Waals surface area contributed by atoms with E-state index in [1.54, 1.807) is 24.3 Å². The van der Waals surface area contributed by atoms with Gasteiger partial charge in [-0.2, -0.15) is 0 Å². The van der Waals surface area contributed by atoms with E-state index < -0.39 is 0 Å². The van der Waals surface area contributed by atoms with Crippen LogP contribution in [0, 0.1) is 0 Å². The summed E-state index contributed by atoms with van der Waals surface area (Å²) in [7, 11) is 0. The third-order valence-electron chi connectivity index (χ3n) is 3.13. The number of halogens is 1. The molecule has 0 saturated heterocycles. The van der Waals surface area contributed by atoms with Crippen molar-refractivity contribution < 1.29 is 9.59 Å². The Balaban J connectivity index is 0.00000441. The van der Waals surface area contributed by atoms with Crippen LogP contribution in [-0.2, 0) is 4.79 Å². The fraction of sp³-hybridized carbons (Fsp3) is 0.500. The Morgan fingerprint density at radius 3 is 2.27 bits per heavy atom. The number of nitrogens with one attached hydrogen (secondary N) is 2. The van der Waals surface area contributed by atoms with Crippen LogP contribution >= 0.6 is 12.4 Å². The Hall–Kier alpha value is -1.59. The second kappa shape index (κ2) is 12.0. The van der Waals surface area contributed by atoms with Crippen molar-refractivity contribution in [3.05, 3.63) is 29.8 Å². The maximum Gasteiger partial charge on any atom is 0.251 e. The van der Waals surface area contributed by atoms with Crippen molar-refractivity contribution >= 4 is 29.9 Å². The van der Waals surface area contributed by atoms with Gasteiger partial charge in [-0.05, 0) is 50.6 Å². The molecule has 1 aromatic rings. The number of hydrogen-bond acceptors (Lipinski definition) is 3. The molecular formula is C16H26ClN3O2. The zero-order chi connectivity index (χ0) is 15.5. The zero-order valence-electron chi connectivity index (χ0n) is 13.1. The summed E-state index contributed by atoms with van der Waals surface area (Å²) in [6.45, 7) is 3.19. The number of nitrogens with two attached hydrogens (primary N) is 1. The molecule has 22 heavy (non-hydrogen) atoms. The van der Waals surface area contributed by atoms with E-state index in [0.29, 0.717) is 25.1 Å². The topological polar surface area (TPSA) is 84.2 Å². The van der Waals surface area contributed by atoms with Crippen molar-refractivity contribution in [3.63, 3.8) is 0 Å². The van der Waals surface area contributed by atoms with Crippen molar-refractivity contribution in [1.82, 2.24) is 5.32 Å². The number of benzene rings is 1. The van der Waals surface area contributed by atoms with Crippen LogP contribution in [-0.4, -0.2) is 24.9 Å². The van der Waals surface area contributed by atoms with E-state index in [0.717, 1.165) is 31.4 Å². The summed E-state index contributed by atoms with van der Waals surface area (Å²) in [4.78, 5) is 23.3. The number of amides is 2. The number of anilines is 1. The predicted molar refractivity (Wildman–Crippen MR) is 92.5 cm³/mol. The van der Waals surface area contributed by atoms with E-state index >= 15 is 0 Å². The number of hydrogen-bond donors (Lipinski definition) is 3. The second-order valence-electron chi connectivity index (χ2n) is 4.94. The lowest BCUT2D eigenvalue weighted by atomic mass is 10.1. The molecule has 2 amide bonds. The summed E-state index contributed by atoms with van der Waals surface area (Å²) in [5, 5.41) is 5.57. The van der Waals surface area contributed by atoms with Gasteiger partial charge in [0.15, 0.2) is 0 Å². The van der Waals surface area contributed by atoms with Crippen molar-refractivity contribution in [2.75, 3.05) is 18.4 Å². The first-order valence-electron chi connectivity index (χ1n) is 7.55. The normalized spacial score (nSPS) is 9.73. The molecule has 0 aliphatic rings. The molecular weight excluding hydrogens is 302 g/mol. The molecule has 0 radical (unpaired) electrons. The molecule has 0 bridgehead atoms. The van der Waals surface area contributed by atoms with Crippen LogP contribution in [0.25, 0.3) is 0 Å². The maximum absolute atomic E-state index is 11.8. The third kappa shape index (κ3) is 8.00. The van der Waals surface area contributed by atoms with Crippen LogP contribution in [0.15, 0.2) is 24.3 Å². The monoisotopic (exact) mass is 327 g/mol. The summed E-state index contributed by atoms with van der Waals surface area (Å²) in [5.74, 6) is -0.0937. The highest BCUT2D eigenvalue weighted by Crippen LogP contribution is 2.11. The smallest absolute Gasteiger partial charge is 0.251 e. The van der Waals surface area contributed by atoms with Crippen LogP contribution in [0.4, 0.5) is 5.69 Å². The summed E-state index contributed by atoms with van der Waals surface area (Å²) in [6.07, 6.45) is 4.51. The van der Waals surface area contributed by atoms with E-state index in [1.165, 1.54) is 0 Å². The Morgan fingerprint density at radius 1 is 1.05 bits per heavy atom. The molecule has 0 saturated carbocycles. The molecule has 4 N–H and O–H groups in total. The van der Waals surface area contributed by atoms with Crippen LogP contribution in [0.3, 0.4) is 0 Å². The average Bonchev–Trinajstić information content (AvgIpc) is 2.48. The standard InChI is InChI=1S/C16H25N3O2.ClH/c1-2-18-16(21)13-8-10-14(11-9-13)19-15(20)7-5-3-4-6-12-17;/h8-11H,2-7,12,17H2,1H3,(H,18,21)(H,19,20);1H. The van der Waals surface area contributed by atoms with Gasteiger partial charge in [0.2, 0.25) is 5.91 Å². The van der Waals surface area contributed by atoms with Crippen molar-refractivity contribution in [1.29, 1.82) is 0 Å². The Labute approximate surface area is 138 Å². The van der Waals surface area contributed by atoms with Gasteiger partial charge in [0.25, 0.3) is 5.91 Å². The molecule has 0 atom stereocenters. The molecule has 1 aromatic carbocycles. The molecule has 0 unspecified atom stereocenters. The fourth-order valence-corrected chi connectivity index (χ4v) is 1.97. The maximum atomic E-state index is 11.8. The second-order valence-corrected chi connectivity index (χ2v) is 4.94. The summed E-state index contributed by atoms with van der Waals surface area (Å²) in [6, 6.07) is 6.91. The van der Waals surface area contributed by atoms with Gasteiger partial charge in [-0.25, -0.2) is 0 Å². The minimum atomic E-state index is -0.102. The SMILES string of the molecule is CCNC(=O)c1ccc(NC(=O)CCCCCCN)cc1.Cl. The number of carbonyl (C=O) groups excluding carboxylic acids is 2. The zero-order valence-corrected chi connectivity index (χ0v) is 13.9. The highest BCUT2D eigenvalue weighted by atomic mass is 35.5. The van der Waals surface area contributed by atoms with E-state index in [-0.39, 0.29) is 24.2 Å². The molecule has 0 aliphatic heterocycles. The van der Waals surface area contributed by atoms with Crippen molar-refractivity contribution in [2.45, 2.75) is 39.0 Å². The Kier molecular flexibility index (Phi) is 11.1. The molecule has 124 valence electrons. The summed E-state index contributed by atoms with van der Waals surface area (Å²) >= 11 is 0. The van der Waals surface area contributed by atoms with Gasteiger partial charge in [0.05, 0.1) is 0 Å². The Morgan fingerprint density at radius 2 is 1.68 bits per heavy atom. The van der Waals surface area contributed by atoms with Crippen LogP contribution in [0.1, 0.15) is 49.4 Å². The van der Waals surface area contributed by atoms with E-state index in [4.69, 9.17) is 5.73 Å². The Bertz CT molecular complexity index is 449. The molecule has 1 rings (SSSR count). The van der Waals surface area contributed by atoms with Gasteiger partial charge in [0.1, 0.15) is 0 Å². The predicted octanol–water partition coefficient (Wildman–Crippen LogP) is 2.71. The van der Waals surface area contributed by atoms with Crippen molar-refractivity contribution in [2.24, 2.45) is 5.73 Å². The number of unbranched alkanes of at least 4 members (excludes halogenated alkanes) is 3. The van der Waals surface area contributed by atoms with Crippen LogP contribution in [0.5, 0.6) is 0 Å². The summed E-state index contributed by atoms with van der Waals surface area (Å²) < 4.78 is 0. The minimum Gasteiger partial charge on any atom is -0.352 e. The van der Waals surface area contributed by atoms with Gasteiger partial charge in [-0.1, -0.05) is 12.8 Å². The molecule has 5 nitrogen and oxygen atoms in total. The van der Waals surface area contributed by atoms with E-state index in [1.807, 2.05) is 6.92 Å². The fourth-order valence-electron chi connectivity index (χ4n) is 1.97. The largest absolute Gasteiger partial charge is 0.352 e. The van der Waals surface area contributed by atoms with Gasteiger partial charge in [-0.3, -0.25) is 9.59 Å². The minimum absolute atomic E-state index is 0. The first kappa shape index (κ1) is 20.4. The third-order valence-corrected chi connectivity index (χ3v) is 3.13. The molecule has 0 heterocycles. The summed E-state index contributed by atoms with van der Waals surface area (Å²) in [5.41, 5.74) is 6.73. The highest BCUT2D eigenvalue weighted by Gasteiger charge is 2.05. The highest BCUT2D eigenvalue weighted by molar-refractivity contribution is 5.95. The molecule has 0 fully saturated rings. The van der Waals surface area contributed by atoms with Gasteiger partial charge >= 0.3 is 0 Å². The molecule has 0 aromatic heterocycles. The lowest BCUT2D eigenvalue weighted by molar-refractivity contribution is -0.116. The first-order valence-corrected chi connectivity index (χ1v) is 7.55.